The van der Waals surface area contributed by atoms with Crippen LogP contribution >= 0.6 is 0 Å². The van der Waals surface area contributed by atoms with Gasteiger partial charge in [-0.05, 0) is 29.8 Å². The maximum Gasteiger partial charge on any atom is 0.267 e. The molecule has 0 aliphatic rings. The van der Waals surface area contributed by atoms with Gasteiger partial charge in [0.1, 0.15) is 10.6 Å². The minimum Gasteiger partial charge on any atom is -0.495 e. The Hall–Kier alpha value is -2.05. The number of sulfonamides is 1. The van der Waals surface area contributed by atoms with Crippen molar-refractivity contribution >= 4 is 15.7 Å². The average molecular weight is 306 g/mol. The van der Waals surface area contributed by atoms with E-state index in [1.165, 1.54) is 18.5 Å². The molecule has 2 aromatic carbocycles. The van der Waals surface area contributed by atoms with Crippen LogP contribution in [0.4, 0.5) is 5.69 Å². The molecule has 0 fully saturated rings. The summed E-state index contributed by atoms with van der Waals surface area (Å²) in [7, 11) is -0.758. The fourth-order valence-corrected chi connectivity index (χ4v) is 3.37. The molecule has 0 unspecified atom stereocenters. The van der Waals surface area contributed by atoms with E-state index in [0.717, 1.165) is 5.56 Å². The number of anilines is 1. The molecule has 6 heteroatoms. The highest BCUT2D eigenvalue weighted by Gasteiger charge is 2.25. The number of rotatable bonds is 5. The summed E-state index contributed by atoms with van der Waals surface area (Å²) in [5.74, 6) is 0.301. The van der Waals surface area contributed by atoms with Crippen LogP contribution in [0, 0.1) is 0 Å². The molecule has 0 saturated heterocycles. The summed E-state index contributed by atoms with van der Waals surface area (Å²) in [4.78, 5) is 0.110. The van der Waals surface area contributed by atoms with Crippen molar-refractivity contribution in [1.82, 2.24) is 0 Å². The summed E-state index contributed by atoms with van der Waals surface area (Å²) in [6, 6.07) is 13.8. The van der Waals surface area contributed by atoms with Gasteiger partial charge < -0.3 is 10.5 Å². The van der Waals surface area contributed by atoms with Crippen molar-refractivity contribution in [2.45, 2.75) is 11.4 Å². The van der Waals surface area contributed by atoms with Crippen LogP contribution in [0.15, 0.2) is 53.4 Å². The van der Waals surface area contributed by atoms with Crippen molar-refractivity contribution in [2.24, 2.45) is 5.73 Å². The molecular formula is C15H18N2O3S. The van der Waals surface area contributed by atoms with Gasteiger partial charge in [0.25, 0.3) is 10.0 Å². The summed E-state index contributed by atoms with van der Waals surface area (Å²) < 4.78 is 32.0. The predicted octanol–water partition coefficient (Wildman–Crippen LogP) is 1.98. The Labute approximate surface area is 125 Å². The molecule has 5 nitrogen and oxygen atoms in total. The molecule has 0 heterocycles. The summed E-state index contributed by atoms with van der Waals surface area (Å²) in [5.41, 5.74) is 6.90. The van der Waals surface area contributed by atoms with Gasteiger partial charge in [0.05, 0.1) is 12.8 Å². The summed E-state index contributed by atoms with van der Waals surface area (Å²) >= 11 is 0. The molecule has 0 radical (unpaired) electrons. The molecule has 0 bridgehead atoms. The molecule has 2 aromatic rings. The van der Waals surface area contributed by atoms with Gasteiger partial charge in [-0.2, -0.15) is 0 Å². The lowest BCUT2D eigenvalue weighted by molar-refractivity contribution is 0.402. The van der Waals surface area contributed by atoms with Crippen molar-refractivity contribution in [1.29, 1.82) is 0 Å². The molecule has 0 saturated carbocycles. The Morgan fingerprint density at radius 1 is 1.14 bits per heavy atom. The van der Waals surface area contributed by atoms with E-state index < -0.39 is 10.0 Å². The minimum atomic E-state index is -3.71. The van der Waals surface area contributed by atoms with Crippen LogP contribution in [0.5, 0.6) is 5.75 Å². The fraction of sp³-hybridized carbons (Fsp3) is 0.200. The van der Waals surface area contributed by atoms with Crippen LogP contribution in [0.2, 0.25) is 0 Å². The molecule has 2 rings (SSSR count). The smallest absolute Gasteiger partial charge is 0.267 e. The third kappa shape index (κ3) is 3.01. The number of hydrogen-bond donors (Lipinski definition) is 1. The lowest BCUT2D eigenvalue weighted by Crippen LogP contribution is -2.27. The van der Waals surface area contributed by atoms with Crippen molar-refractivity contribution in [3.05, 3.63) is 54.1 Å². The lowest BCUT2D eigenvalue weighted by atomic mass is 10.2. The number of ether oxygens (including phenoxy) is 1. The second-order valence-electron chi connectivity index (χ2n) is 4.50. The predicted molar refractivity (Wildman–Crippen MR) is 82.9 cm³/mol. The van der Waals surface area contributed by atoms with Gasteiger partial charge in [0.15, 0.2) is 0 Å². The molecule has 0 aromatic heterocycles. The van der Waals surface area contributed by atoms with Gasteiger partial charge in [0, 0.05) is 13.6 Å². The number of nitrogens with zero attached hydrogens (tertiary/aromatic N) is 1. The maximum atomic E-state index is 12.8. The number of hydrogen-bond acceptors (Lipinski definition) is 4. The normalized spacial score (nSPS) is 11.2. The van der Waals surface area contributed by atoms with E-state index in [1.807, 2.05) is 6.07 Å². The van der Waals surface area contributed by atoms with Gasteiger partial charge in [0.2, 0.25) is 0 Å². The van der Waals surface area contributed by atoms with Crippen LogP contribution in [0.1, 0.15) is 5.56 Å². The summed E-state index contributed by atoms with van der Waals surface area (Å²) in [6.07, 6.45) is 0. The number of nitrogens with two attached hydrogens (primary N) is 1. The third-order valence-corrected chi connectivity index (χ3v) is 5.03. The van der Waals surface area contributed by atoms with Gasteiger partial charge in [-0.1, -0.05) is 24.3 Å². The summed E-state index contributed by atoms with van der Waals surface area (Å²) in [5, 5.41) is 0. The van der Waals surface area contributed by atoms with Crippen LogP contribution in [-0.4, -0.2) is 22.6 Å². The highest BCUT2D eigenvalue weighted by Crippen LogP contribution is 2.29. The molecule has 0 atom stereocenters. The fourth-order valence-electron chi connectivity index (χ4n) is 1.97. The van der Waals surface area contributed by atoms with Crippen molar-refractivity contribution < 1.29 is 13.2 Å². The molecule has 112 valence electrons. The van der Waals surface area contributed by atoms with E-state index in [0.29, 0.717) is 11.4 Å². The van der Waals surface area contributed by atoms with Gasteiger partial charge >= 0.3 is 0 Å². The van der Waals surface area contributed by atoms with E-state index in [4.69, 9.17) is 10.5 Å². The van der Waals surface area contributed by atoms with Crippen LogP contribution in [-0.2, 0) is 16.6 Å². The van der Waals surface area contributed by atoms with Crippen LogP contribution in [0.3, 0.4) is 0 Å². The zero-order valence-corrected chi connectivity index (χ0v) is 12.8. The quantitative estimate of drug-likeness (QED) is 0.917. The van der Waals surface area contributed by atoms with Crippen LogP contribution < -0.4 is 14.8 Å². The molecule has 0 aliphatic heterocycles. The Bertz CT molecular complexity index is 715. The Balaban J connectivity index is 2.53. The number of methoxy groups -OCH3 is 1. The lowest BCUT2D eigenvalue weighted by Gasteiger charge is -2.21. The minimum absolute atomic E-state index is 0.110. The molecule has 0 aliphatic carbocycles. The average Bonchev–Trinajstić information content (AvgIpc) is 2.54. The van der Waals surface area contributed by atoms with Gasteiger partial charge in [-0.3, -0.25) is 4.31 Å². The van der Waals surface area contributed by atoms with E-state index in [-0.39, 0.29) is 11.4 Å². The molecule has 0 amide bonds. The Morgan fingerprint density at radius 2 is 1.81 bits per heavy atom. The first kappa shape index (κ1) is 15.3. The zero-order valence-electron chi connectivity index (χ0n) is 12.0. The molecular weight excluding hydrogens is 288 g/mol. The highest BCUT2D eigenvalue weighted by atomic mass is 32.2. The molecule has 0 spiro atoms. The van der Waals surface area contributed by atoms with E-state index in [1.54, 1.807) is 42.5 Å². The first-order valence-electron chi connectivity index (χ1n) is 6.41. The van der Waals surface area contributed by atoms with E-state index in [2.05, 4.69) is 0 Å². The monoisotopic (exact) mass is 306 g/mol. The van der Waals surface area contributed by atoms with Crippen molar-refractivity contribution in [3.8, 4) is 5.75 Å². The largest absolute Gasteiger partial charge is 0.495 e. The summed E-state index contributed by atoms with van der Waals surface area (Å²) in [6.45, 7) is 0.265. The second kappa shape index (κ2) is 6.15. The number of benzene rings is 2. The molecule has 21 heavy (non-hydrogen) atoms. The van der Waals surface area contributed by atoms with Gasteiger partial charge in [-0.15, -0.1) is 0 Å². The van der Waals surface area contributed by atoms with E-state index in [9.17, 15) is 8.42 Å². The SMILES string of the molecule is COc1ccc(CN)cc1S(=O)(=O)N(C)c1ccccc1. The first-order valence-corrected chi connectivity index (χ1v) is 7.85. The highest BCUT2D eigenvalue weighted by molar-refractivity contribution is 7.92. The standard InChI is InChI=1S/C15H18N2O3S/c1-17(13-6-4-3-5-7-13)21(18,19)15-10-12(11-16)8-9-14(15)20-2/h3-10H,11,16H2,1-2H3. The van der Waals surface area contributed by atoms with Gasteiger partial charge in [-0.25, -0.2) is 8.42 Å². The van der Waals surface area contributed by atoms with Crippen molar-refractivity contribution in [3.63, 3.8) is 0 Å². The second-order valence-corrected chi connectivity index (χ2v) is 6.44. The topological polar surface area (TPSA) is 72.6 Å². The number of para-hydroxylation sites is 1. The zero-order chi connectivity index (χ0) is 15.5. The van der Waals surface area contributed by atoms with Crippen molar-refractivity contribution in [2.75, 3.05) is 18.5 Å². The Morgan fingerprint density at radius 3 is 2.38 bits per heavy atom. The third-order valence-electron chi connectivity index (χ3n) is 3.22. The first-order chi connectivity index (χ1) is 10.0. The molecule has 2 N–H and O–H groups in total. The Kier molecular flexibility index (Phi) is 4.50. The van der Waals surface area contributed by atoms with E-state index >= 15 is 0 Å². The van der Waals surface area contributed by atoms with Crippen LogP contribution in [0.25, 0.3) is 0 Å². The maximum absolute atomic E-state index is 12.8.